The Kier molecular flexibility index (Phi) is 4.42. The minimum atomic E-state index is -0.0837. The van der Waals surface area contributed by atoms with Gasteiger partial charge in [-0.3, -0.25) is 4.90 Å². The molecule has 2 aliphatic rings. The molecule has 2 aliphatic heterocycles. The molecule has 1 atom stereocenters. The number of rotatable bonds is 4. The molecule has 0 radical (unpaired) electrons. The minimum absolute atomic E-state index is 0.0837. The van der Waals surface area contributed by atoms with Gasteiger partial charge in [0.1, 0.15) is 0 Å². The highest BCUT2D eigenvalue weighted by Crippen LogP contribution is 2.33. The van der Waals surface area contributed by atoms with E-state index in [0.717, 1.165) is 36.8 Å². The molecule has 0 bridgehead atoms. The maximum absolute atomic E-state index is 11.9. The number of amides is 2. The van der Waals surface area contributed by atoms with Crippen LogP contribution in [0.25, 0.3) is 0 Å². The monoisotopic (exact) mass is 357 g/mol. The maximum atomic E-state index is 11.9. The third-order valence-corrected chi connectivity index (χ3v) is 4.73. The normalized spacial score (nSPS) is 18.5. The number of aromatic nitrogens is 2. The van der Waals surface area contributed by atoms with E-state index in [9.17, 15) is 4.79 Å². The van der Waals surface area contributed by atoms with Crippen LogP contribution in [-0.2, 0) is 13.1 Å². The Hall–Kier alpha value is -2.74. The molecule has 0 fully saturated rings. The molecule has 2 amide bonds. The summed E-state index contributed by atoms with van der Waals surface area (Å²) in [6.45, 7) is 3.32. The first-order chi connectivity index (χ1) is 12.6. The molecule has 1 aromatic heterocycles. The summed E-state index contributed by atoms with van der Waals surface area (Å²) in [5.74, 6) is 1.61. The molecule has 1 aromatic carbocycles. The molecule has 26 heavy (non-hydrogen) atoms. The number of imidazole rings is 1. The molecule has 0 aliphatic carbocycles. The van der Waals surface area contributed by atoms with Gasteiger partial charge in [-0.05, 0) is 17.7 Å². The van der Waals surface area contributed by atoms with E-state index in [1.807, 2.05) is 24.7 Å². The van der Waals surface area contributed by atoms with Crippen LogP contribution in [0.4, 0.5) is 4.79 Å². The maximum Gasteiger partial charge on any atom is 0.316 e. The van der Waals surface area contributed by atoms with Crippen molar-refractivity contribution in [3.63, 3.8) is 0 Å². The first-order valence-corrected chi connectivity index (χ1v) is 8.67. The van der Waals surface area contributed by atoms with Crippen molar-refractivity contribution in [2.45, 2.75) is 19.1 Å². The summed E-state index contributed by atoms with van der Waals surface area (Å²) in [6, 6.07) is 6.14. The zero-order chi connectivity index (χ0) is 18.1. The summed E-state index contributed by atoms with van der Waals surface area (Å²) < 4.78 is 13.0. The number of benzene rings is 1. The van der Waals surface area contributed by atoms with E-state index in [0.29, 0.717) is 6.54 Å². The number of ether oxygens (including phenoxy) is 2. The van der Waals surface area contributed by atoms with Crippen molar-refractivity contribution in [1.29, 1.82) is 0 Å². The summed E-state index contributed by atoms with van der Waals surface area (Å²) in [7, 11) is 3.48. The number of hydrogen-bond donors (Lipinski definition) is 1. The van der Waals surface area contributed by atoms with Gasteiger partial charge in [-0.25, -0.2) is 9.78 Å². The molecule has 0 unspecified atom stereocenters. The second-order valence-electron chi connectivity index (χ2n) is 6.88. The fourth-order valence-electron chi connectivity index (χ4n) is 3.41. The van der Waals surface area contributed by atoms with Crippen molar-refractivity contribution in [2.24, 2.45) is 0 Å². The molecular formula is C18H23N5O3. The molecule has 138 valence electrons. The van der Waals surface area contributed by atoms with Crippen LogP contribution in [0.5, 0.6) is 11.5 Å². The van der Waals surface area contributed by atoms with Gasteiger partial charge in [0.15, 0.2) is 11.5 Å². The van der Waals surface area contributed by atoms with Crippen LogP contribution in [-0.4, -0.2) is 59.4 Å². The Morgan fingerprint density at radius 1 is 1.35 bits per heavy atom. The van der Waals surface area contributed by atoms with Crippen molar-refractivity contribution >= 4 is 6.03 Å². The Bertz CT molecular complexity index is 804. The molecule has 0 spiro atoms. The fourth-order valence-corrected chi connectivity index (χ4v) is 3.41. The lowest BCUT2D eigenvalue weighted by Crippen LogP contribution is -2.44. The summed E-state index contributed by atoms with van der Waals surface area (Å²) in [4.78, 5) is 20.1. The Morgan fingerprint density at radius 2 is 2.19 bits per heavy atom. The van der Waals surface area contributed by atoms with Crippen LogP contribution in [0.3, 0.4) is 0 Å². The first kappa shape index (κ1) is 16.7. The third-order valence-electron chi connectivity index (χ3n) is 4.73. The lowest BCUT2D eigenvalue weighted by atomic mass is 10.1. The van der Waals surface area contributed by atoms with E-state index < -0.39 is 0 Å². The topological polar surface area (TPSA) is 71.9 Å². The molecule has 8 nitrogen and oxygen atoms in total. The second kappa shape index (κ2) is 6.87. The van der Waals surface area contributed by atoms with Gasteiger partial charge in [-0.2, -0.15) is 0 Å². The fraction of sp³-hybridized carbons (Fsp3) is 0.444. The van der Waals surface area contributed by atoms with Crippen LogP contribution < -0.4 is 14.8 Å². The molecule has 1 N–H and O–H groups in total. The van der Waals surface area contributed by atoms with Crippen LogP contribution in [0.1, 0.15) is 17.3 Å². The van der Waals surface area contributed by atoms with Gasteiger partial charge in [0.2, 0.25) is 6.79 Å². The molecular weight excluding hydrogens is 334 g/mol. The lowest BCUT2D eigenvalue weighted by molar-refractivity contribution is 0.170. The van der Waals surface area contributed by atoms with Crippen LogP contribution >= 0.6 is 0 Å². The van der Waals surface area contributed by atoms with E-state index in [1.54, 1.807) is 19.0 Å². The highest BCUT2D eigenvalue weighted by molar-refractivity contribution is 5.73. The van der Waals surface area contributed by atoms with Gasteiger partial charge >= 0.3 is 6.03 Å². The number of carbonyl (C=O) groups excluding carboxylic acids is 1. The van der Waals surface area contributed by atoms with Crippen molar-refractivity contribution in [3.05, 3.63) is 42.0 Å². The van der Waals surface area contributed by atoms with E-state index in [2.05, 4.69) is 25.8 Å². The van der Waals surface area contributed by atoms with Crippen molar-refractivity contribution in [3.8, 4) is 11.5 Å². The molecule has 8 heteroatoms. The average Bonchev–Trinajstić information content (AvgIpc) is 3.27. The van der Waals surface area contributed by atoms with Crippen molar-refractivity contribution in [1.82, 2.24) is 24.7 Å². The van der Waals surface area contributed by atoms with Crippen LogP contribution in [0, 0.1) is 0 Å². The lowest BCUT2D eigenvalue weighted by Gasteiger charge is -2.34. The van der Waals surface area contributed by atoms with Gasteiger partial charge in [-0.1, -0.05) is 6.07 Å². The Morgan fingerprint density at radius 3 is 3.04 bits per heavy atom. The summed E-state index contributed by atoms with van der Waals surface area (Å²) in [5, 5.41) is 2.98. The number of carbonyl (C=O) groups is 1. The van der Waals surface area contributed by atoms with Crippen LogP contribution in [0.2, 0.25) is 0 Å². The third kappa shape index (κ3) is 3.32. The number of nitrogens with zero attached hydrogens (tertiary/aromatic N) is 4. The largest absolute Gasteiger partial charge is 0.454 e. The zero-order valence-corrected chi connectivity index (χ0v) is 15.0. The Balaban J connectivity index is 1.46. The first-order valence-electron chi connectivity index (χ1n) is 8.67. The molecule has 0 saturated carbocycles. The number of hydrogen-bond acceptors (Lipinski definition) is 5. The number of nitrogens with one attached hydrogen (secondary N) is 1. The Labute approximate surface area is 152 Å². The van der Waals surface area contributed by atoms with Gasteiger partial charge < -0.3 is 24.3 Å². The molecule has 3 heterocycles. The van der Waals surface area contributed by atoms with E-state index in [4.69, 9.17) is 9.47 Å². The number of fused-ring (bicyclic) bond motifs is 2. The van der Waals surface area contributed by atoms with Crippen LogP contribution in [0.15, 0.2) is 30.7 Å². The van der Waals surface area contributed by atoms with Gasteiger partial charge in [0, 0.05) is 46.5 Å². The van der Waals surface area contributed by atoms with E-state index in [-0.39, 0.29) is 18.9 Å². The van der Waals surface area contributed by atoms with E-state index in [1.165, 1.54) is 5.56 Å². The van der Waals surface area contributed by atoms with E-state index >= 15 is 0 Å². The number of urea groups is 1. The smallest absolute Gasteiger partial charge is 0.316 e. The van der Waals surface area contributed by atoms with Gasteiger partial charge in [-0.15, -0.1) is 0 Å². The van der Waals surface area contributed by atoms with Gasteiger partial charge in [0.25, 0.3) is 0 Å². The highest BCUT2D eigenvalue weighted by atomic mass is 16.7. The summed E-state index contributed by atoms with van der Waals surface area (Å²) in [5.41, 5.74) is 2.33. The average molecular weight is 357 g/mol. The summed E-state index contributed by atoms with van der Waals surface area (Å²) >= 11 is 0. The molecule has 4 rings (SSSR count). The zero-order valence-electron chi connectivity index (χ0n) is 15.0. The quantitative estimate of drug-likeness (QED) is 0.897. The second-order valence-corrected chi connectivity index (χ2v) is 6.88. The molecule has 2 aromatic rings. The minimum Gasteiger partial charge on any atom is -0.454 e. The molecule has 0 saturated heterocycles. The highest BCUT2D eigenvalue weighted by Gasteiger charge is 2.26. The standard InChI is InChI=1S/C18H23N5O3/c1-21(2)18(24)20-7-15-10-22(9-14-6-19-11-23(14)15)8-13-3-4-16-17(5-13)26-12-25-16/h3-6,11,15H,7-10,12H2,1-2H3,(H,20,24)/t15-/m1/s1. The van der Waals surface area contributed by atoms with Crippen molar-refractivity contribution < 1.29 is 14.3 Å². The predicted octanol–water partition coefficient (Wildman–Crippen LogP) is 1.44. The summed E-state index contributed by atoms with van der Waals surface area (Å²) in [6.07, 6.45) is 3.74. The van der Waals surface area contributed by atoms with Crippen molar-refractivity contribution in [2.75, 3.05) is 34.0 Å². The predicted molar refractivity (Wildman–Crippen MR) is 95.0 cm³/mol. The SMILES string of the molecule is CN(C)C(=O)NC[C@@H]1CN(Cc2ccc3c(c2)OCO3)Cc2cncn21. The van der Waals surface area contributed by atoms with Gasteiger partial charge in [0.05, 0.1) is 18.1 Å².